The van der Waals surface area contributed by atoms with Gasteiger partial charge in [0.25, 0.3) is 0 Å². The lowest BCUT2D eigenvalue weighted by Gasteiger charge is -2.27. The molecule has 0 atom stereocenters. The Balaban J connectivity index is 2.62. The second-order valence-electron chi connectivity index (χ2n) is 6.19. The Labute approximate surface area is 130 Å². The predicted octanol–water partition coefficient (Wildman–Crippen LogP) is 2.78. The highest BCUT2D eigenvalue weighted by Crippen LogP contribution is 2.26. The van der Waals surface area contributed by atoms with Crippen LogP contribution in [0.15, 0.2) is 17.5 Å². The highest BCUT2D eigenvalue weighted by Gasteiger charge is 2.24. The van der Waals surface area contributed by atoms with Gasteiger partial charge in [-0.3, -0.25) is 4.79 Å². The van der Waals surface area contributed by atoms with Crippen LogP contribution in [0.3, 0.4) is 0 Å². The van der Waals surface area contributed by atoms with Crippen LogP contribution in [0.4, 0.5) is 4.79 Å². The largest absolute Gasteiger partial charge is 0.480 e. The van der Waals surface area contributed by atoms with Gasteiger partial charge in [0, 0.05) is 23.4 Å². The minimum atomic E-state index is -0.997. The Morgan fingerprint density at radius 2 is 2.10 bits per heavy atom. The first-order valence-corrected chi connectivity index (χ1v) is 7.89. The lowest BCUT2D eigenvalue weighted by atomic mass is 9.91. The molecule has 0 aromatic carbocycles. The summed E-state index contributed by atoms with van der Waals surface area (Å²) in [5, 5.41) is 13.8. The maximum atomic E-state index is 12.2. The van der Waals surface area contributed by atoms with E-state index in [1.165, 1.54) is 9.78 Å². The van der Waals surface area contributed by atoms with E-state index in [1.807, 2.05) is 31.4 Å². The standard InChI is InChI=1S/C15H24N2O3S/c1-11(2)8-17(9-13(18)19)14(20)16-10-15(3,4)12-6-5-7-21-12/h5-7,11H,8-10H2,1-4H3,(H,16,20)(H,18,19). The first-order valence-electron chi connectivity index (χ1n) is 7.01. The average Bonchev–Trinajstić information content (AvgIpc) is 2.88. The number of urea groups is 1. The fourth-order valence-electron chi connectivity index (χ4n) is 1.98. The topological polar surface area (TPSA) is 69.6 Å². The van der Waals surface area contributed by atoms with Crippen molar-refractivity contribution >= 4 is 23.3 Å². The molecule has 0 aliphatic carbocycles. The summed E-state index contributed by atoms with van der Waals surface area (Å²) in [5.74, 6) is -0.774. The molecule has 0 aliphatic heterocycles. The number of nitrogens with zero attached hydrogens (tertiary/aromatic N) is 1. The lowest BCUT2D eigenvalue weighted by molar-refractivity contribution is -0.137. The van der Waals surface area contributed by atoms with Crippen molar-refractivity contribution in [1.82, 2.24) is 10.2 Å². The number of nitrogens with one attached hydrogen (secondary N) is 1. The van der Waals surface area contributed by atoms with Gasteiger partial charge in [-0.15, -0.1) is 11.3 Å². The summed E-state index contributed by atoms with van der Waals surface area (Å²) in [6.45, 7) is 8.66. The molecular weight excluding hydrogens is 288 g/mol. The molecule has 0 unspecified atom stereocenters. The van der Waals surface area contributed by atoms with Gasteiger partial charge < -0.3 is 15.3 Å². The normalized spacial score (nSPS) is 11.5. The molecule has 6 heteroatoms. The van der Waals surface area contributed by atoms with Crippen molar-refractivity contribution in [3.63, 3.8) is 0 Å². The van der Waals surface area contributed by atoms with Gasteiger partial charge in [-0.1, -0.05) is 33.8 Å². The number of hydrogen-bond acceptors (Lipinski definition) is 3. The van der Waals surface area contributed by atoms with Gasteiger partial charge in [0.2, 0.25) is 0 Å². The summed E-state index contributed by atoms with van der Waals surface area (Å²) in [7, 11) is 0. The van der Waals surface area contributed by atoms with Crippen molar-refractivity contribution < 1.29 is 14.7 Å². The van der Waals surface area contributed by atoms with Gasteiger partial charge in [0.1, 0.15) is 6.54 Å². The minimum Gasteiger partial charge on any atom is -0.480 e. The van der Waals surface area contributed by atoms with Gasteiger partial charge in [0.05, 0.1) is 0 Å². The maximum Gasteiger partial charge on any atom is 0.323 e. The van der Waals surface area contributed by atoms with Gasteiger partial charge >= 0.3 is 12.0 Å². The van der Waals surface area contributed by atoms with Crippen molar-refractivity contribution in [2.45, 2.75) is 33.1 Å². The molecule has 21 heavy (non-hydrogen) atoms. The van der Waals surface area contributed by atoms with Crippen LogP contribution in [0.1, 0.15) is 32.6 Å². The third kappa shape index (κ3) is 5.75. The molecule has 1 aromatic heterocycles. The lowest BCUT2D eigenvalue weighted by Crippen LogP contribution is -2.47. The summed E-state index contributed by atoms with van der Waals surface area (Å²) < 4.78 is 0. The zero-order chi connectivity index (χ0) is 16.0. The molecule has 0 spiro atoms. The van der Waals surface area contributed by atoms with Gasteiger partial charge in [-0.25, -0.2) is 4.79 Å². The van der Waals surface area contributed by atoms with E-state index < -0.39 is 5.97 Å². The van der Waals surface area contributed by atoms with E-state index in [2.05, 4.69) is 19.2 Å². The van der Waals surface area contributed by atoms with Crippen LogP contribution in [-0.2, 0) is 10.2 Å². The number of hydrogen-bond donors (Lipinski definition) is 2. The molecule has 5 nitrogen and oxygen atoms in total. The van der Waals surface area contributed by atoms with E-state index in [0.29, 0.717) is 13.1 Å². The summed E-state index contributed by atoms with van der Waals surface area (Å²) >= 11 is 1.65. The number of carbonyl (C=O) groups excluding carboxylic acids is 1. The summed E-state index contributed by atoms with van der Waals surface area (Å²) in [6.07, 6.45) is 0. The SMILES string of the molecule is CC(C)CN(CC(=O)O)C(=O)NCC(C)(C)c1cccs1. The molecule has 1 aromatic rings. The highest BCUT2D eigenvalue weighted by molar-refractivity contribution is 7.10. The van der Waals surface area contributed by atoms with E-state index in [-0.39, 0.29) is 23.9 Å². The van der Waals surface area contributed by atoms with Gasteiger partial charge in [0.15, 0.2) is 0 Å². The Morgan fingerprint density at radius 1 is 1.43 bits per heavy atom. The molecule has 118 valence electrons. The van der Waals surface area contributed by atoms with Crippen LogP contribution < -0.4 is 5.32 Å². The summed E-state index contributed by atoms with van der Waals surface area (Å²) in [4.78, 5) is 25.6. The third-order valence-corrected chi connectivity index (χ3v) is 4.30. The van der Waals surface area contributed by atoms with Crippen LogP contribution >= 0.6 is 11.3 Å². The maximum absolute atomic E-state index is 12.2. The third-order valence-electron chi connectivity index (χ3n) is 3.07. The smallest absolute Gasteiger partial charge is 0.323 e. The predicted molar refractivity (Wildman–Crippen MR) is 84.8 cm³/mol. The van der Waals surface area contributed by atoms with Crippen LogP contribution in [0.5, 0.6) is 0 Å². The van der Waals surface area contributed by atoms with Gasteiger partial charge in [-0.2, -0.15) is 0 Å². The summed E-state index contributed by atoms with van der Waals surface area (Å²) in [6, 6.07) is 3.70. The molecule has 0 bridgehead atoms. The Morgan fingerprint density at radius 3 is 2.57 bits per heavy atom. The molecule has 0 saturated carbocycles. The number of rotatable bonds is 7. The Hall–Kier alpha value is -1.56. The molecular formula is C15H24N2O3S. The van der Waals surface area contributed by atoms with Gasteiger partial charge in [-0.05, 0) is 17.4 Å². The monoisotopic (exact) mass is 312 g/mol. The fourth-order valence-corrected chi connectivity index (χ4v) is 2.83. The Bertz CT molecular complexity index is 469. The molecule has 0 fully saturated rings. The molecule has 2 amide bonds. The van der Waals surface area contributed by atoms with Crippen molar-refractivity contribution in [2.75, 3.05) is 19.6 Å². The molecule has 0 saturated heterocycles. The van der Waals surface area contributed by atoms with Crippen LogP contribution in [0, 0.1) is 5.92 Å². The van der Waals surface area contributed by atoms with E-state index in [1.54, 1.807) is 11.3 Å². The molecule has 0 radical (unpaired) electrons. The molecule has 1 rings (SSSR count). The number of carboxylic acids is 1. The van der Waals surface area contributed by atoms with Crippen molar-refractivity contribution in [2.24, 2.45) is 5.92 Å². The van der Waals surface area contributed by atoms with E-state index in [9.17, 15) is 9.59 Å². The molecule has 2 N–H and O–H groups in total. The van der Waals surface area contributed by atoms with Crippen LogP contribution in [0.2, 0.25) is 0 Å². The second kappa shape index (κ2) is 7.45. The van der Waals surface area contributed by atoms with E-state index in [4.69, 9.17) is 5.11 Å². The van der Waals surface area contributed by atoms with E-state index in [0.717, 1.165) is 0 Å². The van der Waals surface area contributed by atoms with Crippen LogP contribution in [-0.4, -0.2) is 41.6 Å². The average molecular weight is 312 g/mol. The zero-order valence-electron chi connectivity index (χ0n) is 13.0. The highest BCUT2D eigenvalue weighted by atomic mass is 32.1. The number of amides is 2. The van der Waals surface area contributed by atoms with Crippen molar-refractivity contribution in [3.05, 3.63) is 22.4 Å². The second-order valence-corrected chi connectivity index (χ2v) is 7.14. The quantitative estimate of drug-likeness (QED) is 0.813. The van der Waals surface area contributed by atoms with Crippen molar-refractivity contribution in [3.8, 4) is 0 Å². The molecule has 1 heterocycles. The molecule has 0 aliphatic rings. The number of thiophene rings is 1. The minimum absolute atomic E-state index is 0.170. The number of carbonyl (C=O) groups is 2. The zero-order valence-corrected chi connectivity index (χ0v) is 13.9. The number of aliphatic carboxylic acids is 1. The number of carboxylic acid groups (broad SMARTS) is 1. The fraction of sp³-hybridized carbons (Fsp3) is 0.600. The summed E-state index contributed by atoms with van der Waals surface area (Å²) in [5.41, 5.74) is -0.170. The van der Waals surface area contributed by atoms with E-state index >= 15 is 0 Å². The Kier molecular flexibility index (Phi) is 6.20. The first-order chi connectivity index (χ1) is 9.72. The van der Waals surface area contributed by atoms with Crippen LogP contribution in [0.25, 0.3) is 0 Å². The van der Waals surface area contributed by atoms with Crippen molar-refractivity contribution in [1.29, 1.82) is 0 Å². The first kappa shape index (κ1) is 17.5.